The van der Waals surface area contributed by atoms with Crippen LogP contribution in [0, 0.1) is 23.4 Å². The Kier molecular flexibility index (Phi) is 4.65. The number of hydrogen-bond donors (Lipinski definition) is 1. The molecule has 0 atom stereocenters. The van der Waals surface area contributed by atoms with Gasteiger partial charge in [-0.1, -0.05) is 0 Å². The van der Waals surface area contributed by atoms with Gasteiger partial charge < -0.3 is 10.2 Å². The monoisotopic (exact) mass is 286 g/mol. The van der Waals surface area contributed by atoms with Gasteiger partial charge in [0, 0.05) is 18.7 Å². The summed E-state index contributed by atoms with van der Waals surface area (Å²) >= 11 is 0. The summed E-state index contributed by atoms with van der Waals surface area (Å²) in [5.41, 5.74) is -0.145. The van der Waals surface area contributed by atoms with E-state index in [9.17, 15) is 18.0 Å². The highest BCUT2D eigenvalue weighted by atomic mass is 19.2. The summed E-state index contributed by atoms with van der Waals surface area (Å²) in [6, 6.07) is 1.50. The smallest absolute Gasteiger partial charge is 0.254 e. The SMILES string of the molecule is CNCC1CCN(C(=O)c2cc(F)c(F)c(F)c2)CC1. The Morgan fingerprint density at radius 3 is 2.30 bits per heavy atom. The molecule has 1 heterocycles. The normalized spacial score (nSPS) is 16.5. The number of nitrogens with one attached hydrogen (secondary N) is 1. The van der Waals surface area contributed by atoms with E-state index in [0.717, 1.165) is 31.5 Å². The highest BCUT2D eigenvalue weighted by Crippen LogP contribution is 2.20. The van der Waals surface area contributed by atoms with Crippen LogP contribution in [-0.2, 0) is 0 Å². The lowest BCUT2D eigenvalue weighted by Gasteiger charge is -2.32. The van der Waals surface area contributed by atoms with E-state index in [4.69, 9.17) is 0 Å². The molecule has 0 spiro atoms. The average molecular weight is 286 g/mol. The number of likely N-dealkylation sites (tertiary alicyclic amines) is 1. The van der Waals surface area contributed by atoms with Crippen molar-refractivity contribution >= 4 is 5.91 Å². The van der Waals surface area contributed by atoms with E-state index in [1.807, 2.05) is 7.05 Å². The summed E-state index contributed by atoms with van der Waals surface area (Å²) in [4.78, 5) is 13.7. The van der Waals surface area contributed by atoms with E-state index >= 15 is 0 Å². The van der Waals surface area contributed by atoms with Crippen molar-refractivity contribution in [2.75, 3.05) is 26.7 Å². The van der Waals surface area contributed by atoms with Crippen molar-refractivity contribution in [1.29, 1.82) is 0 Å². The van der Waals surface area contributed by atoms with E-state index < -0.39 is 23.4 Å². The predicted octanol–water partition coefficient (Wildman–Crippen LogP) is 2.18. The molecule has 0 radical (unpaired) electrons. The zero-order valence-electron chi connectivity index (χ0n) is 11.3. The van der Waals surface area contributed by atoms with Gasteiger partial charge in [-0.15, -0.1) is 0 Å². The highest BCUT2D eigenvalue weighted by molar-refractivity contribution is 5.94. The first-order valence-corrected chi connectivity index (χ1v) is 6.61. The van der Waals surface area contributed by atoms with Crippen molar-refractivity contribution in [3.8, 4) is 0 Å². The van der Waals surface area contributed by atoms with Gasteiger partial charge in [0.2, 0.25) is 0 Å². The third-order valence-electron chi connectivity index (χ3n) is 3.63. The predicted molar refractivity (Wildman–Crippen MR) is 68.9 cm³/mol. The van der Waals surface area contributed by atoms with Gasteiger partial charge in [-0.2, -0.15) is 0 Å². The summed E-state index contributed by atoms with van der Waals surface area (Å²) in [5.74, 6) is -4.16. The van der Waals surface area contributed by atoms with Crippen LogP contribution in [-0.4, -0.2) is 37.5 Å². The van der Waals surface area contributed by atoms with Gasteiger partial charge in [0.05, 0.1) is 0 Å². The molecule has 110 valence electrons. The summed E-state index contributed by atoms with van der Waals surface area (Å²) in [5, 5.41) is 3.09. The second-order valence-electron chi connectivity index (χ2n) is 5.05. The number of nitrogens with zero attached hydrogens (tertiary/aromatic N) is 1. The Morgan fingerprint density at radius 1 is 1.25 bits per heavy atom. The first-order valence-electron chi connectivity index (χ1n) is 6.61. The van der Waals surface area contributed by atoms with Gasteiger partial charge in [-0.25, -0.2) is 13.2 Å². The first kappa shape index (κ1) is 14.8. The van der Waals surface area contributed by atoms with Gasteiger partial charge in [0.25, 0.3) is 5.91 Å². The second kappa shape index (κ2) is 6.26. The number of piperidine rings is 1. The molecule has 0 aromatic heterocycles. The van der Waals surface area contributed by atoms with Gasteiger partial charge in [0.15, 0.2) is 17.5 Å². The van der Waals surface area contributed by atoms with E-state index in [0.29, 0.717) is 19.0 Å². The third kappa shape index (κ3) is 3.12. The van der Waals surface area contributed by atoms with E-state index in [2.05, 4.69) is 5.32 Å². The maximum absolute atomic E-state index is 13.1. The molecule has 1 N–H and O–H groups in total. The molecule has 0 unspecified atom stereocenters. The van der Waals surface area contributed by atoms with Crippen LogP contribution in [0.3, 0.4) is 0 Å². The molecule has 1 aromatic rings. The van der Waals surface area contributed by atoms with Crippen molar-refractivity contribution in [1.82, 2.24) is 10.2 Å². The number of amides is 1. The van der Waals surface area contributed by atoms with Crippen molar-refractivity contribution in [3.05, 3.63) is 35.1 Å². The highest BCUT2D eigenvalue weighted by Gasteiger charge is 2.24. The zero-order valence-corrected chi connectivity index (χ0v) is 11.3. The topological polar surface area (TPSA) is 32.3 Å². The Bertz CT molecular complexity index is 476. The lowest BCUT2D eigenvalue weighted by atomic mass is 9.96. The molecule has 1 amide bonds. The maximum atomic E-state index is 13.1. The lowest BCUT2D eigenvalue weighted by Crippen LogP contribution is -2.40. The second-order valence-corrected chi connectivity index (χ2v) is 5.05. The number of carbonyl (C=O) groups is 1. The fraction of sp³-hybridized carbons (Fsp3) is 0.500. The molecule has 6 heteroatoms. The first-order chi connectivity index (χ1) is 9.52. The Hall–Kier alpha value is -1.56. The van der Waals surface area contributed by atoms with Crippen LogP contribution < -0.4 is 5.32 Å². The van der Waals surface area contributed by atoms with Crippen LogP contribution in [0.15, 0.2) is 12.1 Å². The molecule has 1 saturated heterocycles. The van der Waals surface area contributed by atoms with Crippen molar-refractivity contribution in [3.63, 3.8) is 0 Å². The molecule has 1 aliphatic heterocycles. The zero-order chi connectivity index (χ0) is 14.7. The Morgan fingerprint density at radius 2 is 1.80 bits per heavy atom. The number of hydrogen-bond acceptors (Lipinski definition) is 2. The van der Waals surface area contributed by atoms with Crippen molar-refractivity contribution in [2.24, 2.45) is 5.92 Å². The third-order valence-corrected chi connectivity index (χ3v) is 3.63. The van der Waals surface area contributed by atoms with Gasteiger partial charge in [0.1, 0.15) is 0 Å². The molecule has 2 rings (SSSR count). The number of carbonyl (C=O) groups excluding carboxylic acids is 1. The van der Waals surface area contributed by atoms with Gasteiger partial charge in [-0.3, -0.25) is 4.79 Å². The molecule has 0 aliphatic carbocycles. The van der Waals surface area contributed by atoms with Crippen LogP contribution in [0.2, 0.25) is 0 Å². The minimum absolute atomic E-state index is 0.145. The van der Waals surface area contributed by atoms with Crippen molar-refractivity contribution < 1.29 is 18.0 Å². The largest absolute Gasteiger partial charge is 0.339 e. The van der Waals surface area contributed by atoms with Crippen LogP contribution >= 0.6 is 0 Å². The Labute approximate surface area is 115 Å². The van der Waals surface area contributed by atoms with E-state index in [-0.39, 0.29) is 5.56 Å². The standard InChI is InChI=1S/C14H17F3N2O/c1-18-8-9-2-4-19(5-3-9)14(20)10-6-11(15)13(17)12(16)7-10/h6-7,9,18H,2-5,8H2,1H3. The average Bonchev–Trinajstić information content (AvgIpc) is 2.44. The number of benzene rings is 1. The molecule has 0 saturated carbocycles. The van der Waals surface area contributed by atoms with E-state index in [1.165, 1.54) is 0 Å². The van der Waals surface area contributed by atoms with Crippen LogP contribution in [0.1, 0.15) is 23.2 Å². The molecular weight excluding hydrogens is 269 g/mol. The van der Waals surface area contributed by atoms with Crippen LogP contribution in [0.5, 0.6) is 0 Å². The molecule has 1 fully saturated rings. The molecule has 1 aromatic carbocycles. The molecule has 0 bridgehead atoms. The summed E-state index contributed by atoms with van der Waals surface area (Å²) in [6.07, 6.45) is 1.69. The summed E-state index contributed by atoms with van der Waals surface area (Å²) in [7, 11) is 1.88. The maximum Gasteiger partial charge on any atom is 0.254 e. The van der Waals surface area contributed by atoms with Crippen molar-refractivity contribution in [2.45, 2.75) is 12.8 Å². The molecular formula is C14H17F3N2O. The Balaban J connectivity index is 2.06. The minimum atomic E-state index is -1.55. The quantitative estimate of drug-likeness (QED) is 0.864. The van der Waals surface area contributed by atoms with Crippen LogP contribution in [0.4, 0.5) is 13.2 Å². The van der Waals surface area contributed by atoms with E-state index in [1.54, 1.807) is 4.90 Å². The summed E-state index contributed by atoms with van der Waals surface area (Å²) < 4.78 is 39.1. The van der Waals surface area contributed by atoms with Crippen LogP contribution in [0.25, 0.3) is 0 Å². The minimum Gasteiger partial charge on any atom is -0.339 e. The number of halogens is 3. The number of rotatable bonds is 3. The molecule has 1 aliphatic rings. The molecule has 20 heavy (non-hydrogen) atoms. The summed E-state index contributed by atoms with van der Waals surface area (Å²) in [6.45, 7) is 1.99. The fourth-order valence-electron chi connectivity index (χ4n) is 2.49. The molecule has 3 nitrogen and oxygen atoms in total. The fourth-order valence-corrected chi connectivity index (χ4v) is 2.49. The van der Waals surface area contributed by atoms with Gasteiger partial charge in [-0.05, 0) is 44.5 Å². The lowest BCUT2D eigenvalue weighted by molar-refractivity contribution is 0.0689. The van der Waals surface area contributed by atoms with Gasteiger partial charge >= 0.3 is 0 Å².